The molecule has 4 rings (SSSR count). The van der Waals surface area contributed by atoms with Crippen LogP contribution in [0, 0.1) is 11.6 Å². The van der Waals surface area contributed by atoms with Gasteiger partial charge in [-0.25, -0.2) is 17.2 Å². The Hall–Kier alpha value is -3.28. The molecule has 3 aromatic rings. The van der Waals surface area contributed by atoms with E-state index < -0.39 is 27.6 Å². The van der Waals surface area contributed by atoms with E-state index >= 15 is 0 Å². The number of ether oxygens (including phenoxy) is 2. The minimum atomic E-state index is -3.63. The first-order valence-electron chi connectivity index (χ1n) is 9.99. The second kappa shape index (κ2) is 9.69. The summed E-state index contributed by atoms with van der Waals surface area (Å²) in [6, 6.07) is 11.6. The maximum atomic E-state index is 13.6. The quantitative estimate of drug-likeness (QED) is 0.559. The largest absolute Gasteiger partial charge is 0.483 e. The number of anilines is 1. The van der Waals surface area contributed by atoms with Crippen molar-refractivity contribution in [3.05, 3.63) is 77.8 Å². The van der Waals surface area contributed by atoms with Gasteiger partial charge in [0.25, 0.3) is 5.91 Å². The van der Waals surface area contributed by atoms with Crippen LogP contribution < -0.4 is 10.1 Å². The number of hydrogen-bond donors (Lipinski definition) is 1. The zero-order valence-electron chi connectivity index (χ0n) is 17.3. The molecule has 2 heterocycles. The van der Waals surface area contributed by atoms with Crippen LogP contribution in [-0.2, 0) is 21.4 Å². The van der Waals surface area contributed by atoms with Crippen LogP contribution in [0.15, 0.2) is 63.9 Å². The van der Waals surface area contributed by atoms with Crippen molar-refractivity contribution in [3.63, 3.8) is 0 Å². The van der Waals surface area contributed by atoms with E-state index in [2.05, 4.69) is 5.32 Å². The molecule has 33 heavy (non-hydrogen) atoms. The molecule has 0 bridgehead atoms. The van der Waals surface area contributed by atoms with E-state index in [-0.39, 0.29) is 28.8 Å². The first-order valence-corrected chi connectivity index (χ1v) is 11.4. The second-order valence-corrected chi connectivity index (χ2v) is 9.06. The number of rotatable bonds is 7. The normalized spacial score (nSPS) is 14.7. The van der Waals surface area contributed by atoms with Gasteiger partial charge in [-0.3, -0.25) is 4.79 Å². The predicted molar refractivity (Wildman–Crippen MR) is 113 cm³/mol. The van der Waals surface area contributed by atoms with E-state index in [1.807, 2.05) is 0 Å². The summed E-state index contributed by atoms with van der Waals surface area (Å²) in [4.78, 5) is 12.6. The molecule has 1 amide bonds. The maximum Gasteiger partial charge on any atom is 0.291 e. The molecule has 1 N–H and O–H groups in total. The number of nitrogens with zero attached hydrogens (tertiary/aromatic N) is 1. The Balaban J connectivity index is 1.36. The lowest BCUT2D eigenvalue weighted by Crippen LogP contribution is -2.40. The highest BCUT2D eigenvalue weighted by molar-refractivity contribution is 7.89. The van der Waals surface area contributed by atoms with Crippen LogP contribution in [0.4, 0.5) is 14.5 Å². The fourth-order valence-corrected chi connectivity index (χ4v) is 4.57. The number of furan rings is 1. The lowest BCUT2D eigenvalue weighted by molar-refractivity contribution is 0.0730. The standard InChI is InChI=1S/C22H20F2N2O6S/c23-15-1-7-20(19(24)13-15)31-14-17-4-8-21(32-17)22(27)25-16-2-5-18(6-3-16)33(28,29)26-9-11-30-12-10-26/h1-8,13H,9-12,14H2,(H,25,27). The van der Waals surface area contributed by atoms with Crippen molar-refractivity contribution in [1.82, 2.24) is 4.31 Å². The highest BCUT2D eigenvalue weighted by Gasteiger charge is 2.26. The van der Waals surface area contributed by atoms with E-state index in [1.165, 1.54) is 40.7 Å². The molecular weight excluding hydrogens is 458 g/mol. The third-order valence-corrected chi connectivity index (χ3v) is 6.78. The van der Waals surface area contributed by atoms with Gasteiger partial charge < -0.3 is 19.2 Å². The molecule has 0 saturated carbocycles. The topological polar surface area (TPSA) is 98.1 Å². The van der Waals surface area contributed by atoms with Gasteiger partial charge >= 0.3 is 0 Å². The summed E-state index contributed by atoms with van der Waals surface area (Å²) in [5.41, 5.74) is 0.378. The summed E-state index contributed by atoms with van der Waals surface area (Å²) < 4.78 is 69.1. The molecule has 1 aromatic heterocycles. The van der Waals surface area contributed by atoms with Crippen molar-refractivity contribution in [3.8, 4) is 5.75 Å². The zero-order valence-corrected chi connectivity index (χ0v) is 18.1. The van der Waals surface area contributed by atoms with Gasteiger partial charge in [0.15, 0.2) is 17.3 Å². The Kier molecular flexibility index (Phi) is 6.72. The molecule has 0 spiro atoms. The first kappa shape index (κ1) is 22.9. The summed E-state index contributed by atoms with van der Waals surface area (Å²) in [5.74, 6) is -2.03. The molecule has 11 heteroatoms. The van der Waals surface area contributed by atoms with E-state index in [0.717, 1.165) is 12.1 Å². The zero-order chi connectivity index (χ0) is 23.4. The average Bonchev–Trinajstić information content (AvgIpc) is 3.29. The van der Waals surface area contributed by atoms with E-state index in [4.69, 9.17) is 13.9 Å². The second-order valence-electron chi connectivity index (χ2n) is 7.12. The van der Waals surface area contributed by atoms with Gasteiger partial charge in [-0.05, 0) is 48.5 Å². The minimum absolute atomic E-state index is 0.0156. The number of carbonyl (C=O) groups is 1. The summed E-state index contributed by atoms with van der Waals surface area (Å²) in [6.07, 6.45) is 0. The van der Waals surface area contributed by atoms with E-state index in [9.17, 15) is 22.0 Å². The van der Waals surface area contributed by atoms with Crippen LogP contribution in [0.2, 0.25) is 0 Å². The molecule has 0 unspecified atom stereocenters. The van der Waals surface area contributed by atoms with Gasteiger partial charge in [0, 0.05) is 24.8 Å². The lowest BCUT2D eigenvalue weighted by Gasteiger charge is -2.26. The predicted octanol–water partition coefficient (Wildman–Crippen LogP) is 3.41. The highest BCUT2D eigenvalue weighted by Crippen LogP contribution is 2.22. The van der Waals surface area contributed by atoms with Gasteiger partial charge in [-0.15, -0.1) is 0 Å². The fourth-order valence-electron chi connectivity index (χ4n) is 3.16. The summed E-state index contributed by atoms with van der Waals surface area (Å²) in [6.45, 7) is 1.12. The Labute approximate surface area is 188 Å². The van der Waals surface area contributed by atoms with Crippen molar-refractivity contribution >= 4 is 21.6 Å². The van der Waals surface area contributed by atoms with Gasteiger partial charge in [0.1, 0.15) is 18.2 Å². The molecule has 1 saturated heterocycles. The summed E-state index contributed by atoms with van der Waals surface area (Å²) >= 11 is 0. The van der Waals surface area contributed by atoms with Crippen molar-refractivity contribution in [1.29, 1.82) is 0 Å². The molecule has 1 fully saturated rings. The van der Waals surface area contributed by atoms with Crippen molar-refractivity contribution < 1.29 is 35.9 Å². The number of halogens is 2. The third-order valence-electron chi connectivity index (χ3n) is 4.87. The SMILES string of the molecule is O=C(Nc1ccc(S(=O)(=O)N2CCOCC2)cc1)c1ccc(COc2ccc(F)cc2F)o1. The maximum absolute atomic E-state index is 13.6. The number of carbonyl (C=O) groups excluding carboxylic acids is 1. The van der Waals surface area contributed by atoms with Gasteiger partial charge in [0.05, 0.1) is 18.1 Å². The van der Waals surface area contributed by atoms with Crippen molar-refractivity contribution in [2.45, 2.75) is 11.5 Å². The number of benzene rings is 2. The first-order chi connectivity index (χ1) is 15.8. The smallest absolute Gasteiger partial charge is 0.291 e. The molecular formula is C22H20F2N2O6S. The van der Waals surface area contributed by atoms with Crippen LogP contribution in [0.1, 0.15) is 16.3 Å². The number of nitrogens with one attached hydrogen (secondary N) is 1. The van der Waals surface area contributed by atoms with Crippen molar-refractivity contribution in [2.24, 2.45) is 0 Å². The van der Waals surface area contributed by atoms with Gasteiger partial charge in [-0.1, -0.05) is 0 Å². The molecule has 174 valence electrons. The van der Waals surface area contributed by atoms with E-state index in [0.29, 0.717) is 38.1 Å². The van der Waals surface area contributed by atoms with Crippen LogP contribution in [-0.4, -0.2) is 44.9 Å². The van der Waals surface area contributed by atoms with Crippen LogP contribution in [0.3, 0.4) is 0 Å². The van der Waals surface area contributed by atoms with Crippen LogP contribution >= 0.6 is 0 Å². The number of sulfonamides is 1. The molecule has 0 atom stereocenters. The molecule has 8 nitrogen and oxygen atoms in total. The monoisotopic (exact) mass is 478 g/mol. The molecule has 0 radical (unpaired) electrons. The van der Waals surface area contributed by atoms with Gasteiger partial charge in [0.2, 0.25) is 10.0 Å². The van der Waals surface area contributed by atoms with Crippen LogP contribution in [0.5, 0.6) is 5.75 Å². The minimum Gasteiger partial charge on any atom is -0.483 e. The highest BCUT2D eigenvalue weighted by atomic mass is 32.2. The number of hydrogen-bond acceptors (Lipinski definition) is 6. The number of morpholine rings is 1. The molecule has 1 aliphatic heterocycles. The fraction of sp³-hybridized carbons (Fsp3) is 0.227. The van der Waals surface area contributed by atoms with Gasteiger partial charge in [-0.2, -0.15) is 4.31 Å². The summed E-state index contributed by atoms with van der Waals surface area (Å²) in [7, 11) is -3.63. The van der Waals surface area contributed by atoms with Crippen molar-refractivity contribution in [2.75, 3.05) is 31.6 Å². The Bertz CT molecular complexity index is 1240. The van der Waals surface area contributed by atoms with E-state index in [1.54, 1.807) is 0 Å². The lowest BCUT2D eigenvalue weighted by atomic mass is 10.3. The Morgan fingerprint density at radius 1 is 1.03 bits per heavy atom. The molecule has 2 aromatic carbocycles. The van der Waals surface area contributed by atoms with Crippen LogP contribution in [0.25, 0.3) is 0 Å². The third kappa shape index (κ3) is 5.38. The Morgan fingerprint density at radius 2 is 1.76 bits per heavy atom. The summed E-state index contributed by atoms with van der Waals surface area (Å²) in [5, 5.41) is 2.62. The Morgan fingerprint density at radius 3 is 2.45 bits per heavy atom. The molecule has 0 aliphatic carbocycles. The molecule has 1 aliphatic rings. The average molecular weight is 478 g/mol. The number of amides is 1.